The molecule has 26 heavy (non-hydrogen) atoms. The van der Waals surface area contributed by atoms with Crippen molar-refractivity contribution in [3.63, 3.8) is 0 Å². The highest BCUT2D eigenvalue weighted by molar-refractivity contribution is 6.29. The smallest absolute Gasteiger partial charge is 0.372 e. The molecular formula is C16H23ClF3N3O3. The highest BCUT2D eigenvalue weighted by atomic mass is 35.5. The summed E-state index contributed by atoms with van der Waals surface area (Å²) in [5, 5.41) is 3.99. The maximum Gasteiger partial charge on any atom is 0.411 e. The topological polar surface area (TPSA) is 58.8 Å². The molecule has 0 unspecified atom stereocenters. The number of carbonyl (C=O) groups is 1. The minimum absolute atomic E-state index is 0.0508. The number of ether oxygens (including phenoxy) is 1. The number of halogens is 4. The van der Waals surface area contributed by atoms with Crippen molar-refractivity contribution in [2.24, 2.45) is 0 Å². The summed E-state index contributed by atoms with van der Waals surface area (Å²) in [6.07, 6.45) is -2.91. The van der Waals surface area contributed by atoms with Crippen molar-refractivity contribution in [2.45, 2.75) is 32.4 Å². The monoisotopic (exact) mass is 397 g/mol. The van der Waals surface area contributed by atoms with E-state index < -0.39 is 12.8 Å². The second kappa shape index (κ2) is 9.57. The van der Waals surface area contributed by atoms with E-state index in [4.69, 9.17) is 16.1 Å². The van der Waals surface area contributed by atoms with E-state index in [1.54, 1.807) is 11.8 Å². The number of amides is 1. The number of aromatic nitrogens is 1. The molecule has 6 nitrogen and oxygen atoms in total. The van der Waals surface area contributed by atoms with Crippen molar-refractivity contribution < 1.29 is 27.2 Å². The molecule has 0 N–H and O–H groups in total. The number of carbonyl (C=O) groups excluding carboxylic acids is 1. The van der Waals surface area contributed by atoms with E-state index in [1.807, 2.05) is 0 Å². The van der Waals surface area contributed by atoms with Crippen molar-refractivity contribution in [3.05, 3.63) is 16.5 Å². The predicted octanol–water partition coefficient (Wildman–Crippen LogP) is 2.68. The zero-order chi connectivity index (χ0) is 19.2. The van der Waals surface area contributed by atoms with Crippen LogP contribution < -0.4 is 0 Å². The van der Waals surface area contributed by atoms with Gasteiger partial charge in [-0.3, -0.25) is 9.69 Å². The fourth-order valence-corrected chi connectivity index (χ4v) is 3.09. The molecule has 0 atom stereocenters. The minimum Gasteiger partial charge on any atom is -0.372 e. The molecule has 2 rings (SSSR count). The number of nitrogens with zero attached hydrogens (tertiary/aromatic N) is 3. The van der Waals surface area contributed by atoms with Crippen LogP contribution in [0.5, 0.6) is 0 Å². The first-order valence-electron chi connectivity index (χ1n) is 8.51. The summed E-state index contributed by atoms with van der Waals surface area (Å²) >= 11 is 5.90. The molecule has 0 saturated carbocycles. The summed E-state index contributed by atoms with van der Waals surface area (Å²) in [4.78, 5) is 16.2. The first-order valence-corrected chi connectivity index (χ1v) is 8.89. The number of piperazine rings is 1. The Bertz CT molecular complexity index is 568. The van der Waals surface area contributed by atoms with Gasteiger partial charge in [0, 0.05) is 51.3 Å². The van der Waals surface area contributed by atoms with Crippen LogP contribution in [0.1, 0.15) is 24.1 Å². The van der Waals surface area contributed by atoms with Crippen molar-refractivity contribution in [3.8, 4) is 0 Å². The lowest BCUT2D eigenvalue weighted by Gasteiger charge is -2.34. The molecule has 1 aromatic heterocycles. The third kappa shape index (κ3) is 6.77. The van der Waals surface area contributed by atoms with Crippen LogP contribution in [0.25, 0.3) is 0 Å². The Kier molecular flexibility index (Phi) is 7.72. The van der Waals surface area contributed by atoms with Crippen LogP contribution in [0, 0.1) is 6.92 Å². The third-order valence-electron chi connectivity index (χ3n) is 4.28. The van der Waals surface area contributed by atoms with Crippen LogP contribution in [0.2, 0.25) is 5.22 Å². The lowest BCUT2D eigenvalue weighted by molar-refractivity contribution is -0.174. The quantitative estimate of drug-likeness (QED) is 0.631. The first kappa shape index (κ1) is 21.0. The van der Waals surface area contributed by atoms with Gasteiger partial charge in [-0.2, -0.15) is 13.2 Å². The summed E-state index contributed by atoms with van der Waals surface area (Å²) < 4.78 is 45.4. The molecule has 0 aliphatic carbocycles. The number of hydrogen-bond donors (Lipinski definition) is 0. The molecule has 0 aromatic carbocycles. The maximum atomic E-state index is 12.3. The standard InChI is InChI=1S/C16H23ClF3N3O3/c1-12-13(15(17)26-21-12)3-4-14(24)23-8-6-22(7-9-23)5-2-10-25-11-16(18,19)20/h2-11H2,1H3. The zero-order valence-corrected chi connectivity index (χ0v) is 15.4. The van der Waals surface area contributed by atoms with Gasteiger partial charge in [0.1, 0.15) is 6.61 Å². The molecule has 10 heteroatoms. The van der Waals surface area contributed by atoms with Crippen LogP contribution in [0.15, 0.2) is 4.52 Å². The van der Waals surface area contributed by atoms with Crippen LogP contribution in [-0.2, 0) is 16.0 Å². The largest absolute Gasteiger partial charge is 0.411 e. The lowest BCUT2D eigenvalue weighted by atomic mass is 10.1. The Morgan fingerprint density at radius 1 is 1.31 bits per heavy atom. The zero-order valence-electron chi connectivity index (χ0n) is 14.6. The van der Waals surface area contributed by atoms with Gasteiger partial charge in [0.25, 0.3) is 0 Å². The van der Waals surface area contributed by atoms with Gasteiger partial charge >= 0.3 is 6.18 Å². The van der Waals surface area contributed by atoms with E-state index in [9.17, 15) is 18.0 Å². The molecule has 0 radical (unpaired) electrons. The van der Waals surface area contributed by atoms with Crippen molar-refractivity contribution in [2.75, 3.05) is 45.9 Å². The molecule has 1 aromatic rings. The fourth-order valence-electron chi connectivity index (χ4n) is 2.83. The summed E-state index contributed by atoms with van der Waals surface area (Å²) in [7, 11) is 0. The van der Waals surface area contributed by atoms with E-state index >= 15 is 0 Å². The Hall–Kier alpha value is -1.32. The van der Waals surface area contributed by atoms with E-state index in [0.717, 1.165) is 5.56 Å². The van der Waals surface area contributed by atoms with E-state index in [1.165, 1.54) is 0 Å². The minimum atomic E-state index is -4.28. The molecular weight excluding hydrogens is 375 g/mol. The molecule has 1 saturated heterocycles. The SMILES string of the molecule is Cc1noc(Cl)c1CCC(=O)N1CCN(CCCOCC(F)(F)F)CC1. The molecule has 1 amide bonds. The second-order valence-corrected chi connectivity index (χ2v) is 6.61. The second-order valence-electron chi connectivity index (χ2n) is 6.26. The number of alkyl halides is 3. The predicted molar refractivity (Wildman–Crippen MR) is 89.1 cm³/mol. The van der Waals surface area contributed by atoms with Gasteiger partial charge in [0.2, 0.25) is 11.1 Å². The summed E-state index contributed by atoms with van der Waals surface area (Å²) in [6, 6.07) is 0. The third-order valence-corrected chi connectivity index (χ3v) is 4.58. The van der Waals surface area contributed by atoms with Crippen LogP contribution in [0.4, 0.5) is 13.2 Å². The molecule has 0 spiro atoms. The lowest BCUT2D eigenvalue weighted by Crippen LogP contribution is -2.49. The average Bonchev–Trinajstić information content (AvgIpc) is 2.90. The van der Waals surface area contributed by atoms with Gasteiger partial charge in [0.15, 0.2) is 0 Å². The number of hydrogen-bond acceptors (Lipinski definition) is 5. The summed E-state index contributed by atoms with van der Waals surface area (Å²) in [5.74, 6) is 0.0508. The normalized spacial score (nSPS) is 16.3. The van der Waals surface area contributed by atoms with Gasteiger partial charge in [-0.1, -0.05) is 5.16 Å². The van der Waals surface area contributed by atoms with Crippen molar-refractivity contribution in [1.82, 2.24) is 15.0 Å². The van der Waals surface area contributed by atoms with Gasteiger partial charge in [-0.05, 0) is 31.4 Å². The van der Waals surface area contributed by atoms with Gasteiger partial charge < -0.3 is 14.2 Å². The van der Waals surface area contributed by atoms with E-state index in [2.05, 4.69) is 14.8 Å². The summed E-state index contributed by atoms with van der Waals surface area (Å²) in [5.41, 5.74) is 1.46. The Balaban J connectivity index is 1.61. The highest BCUT2D eigenvalue weighted by Gasteiger charge is 2.27. The van der Waals surface area contributed by atoms with E-state index in [0.29, 0.717) is 57.7 Å². The van der Waals surface area contributed by atoms with Crippen LogP contribution >= 0.6 is 11.6 Å². The summed E-state index contributed by atoms with van der Waals surface area (Å²) in [6.45, 7) is 3.96. The highest BCUT2D eigenvalue weighted by Crippen LogP contribution is 2.21. The first-order chi connectivity index (χ1) is 12.3. The molecule has 1 aliphatic heterocycles. The Morgan fingerprint density at radius 3 is 2.58 bits per heavy atom. The van der Waals surface area contributed by atoms with Gasteiger partial charge in [0.05, 0.1) is 5.69 Å². The fraction of sp³-hybridized carbons (Fsp3) is 0.750. The molecule has 1 aliphatic rings. The number of aryl methyl sites for hydroxylation is 1. The maximum absolute atomic E-state index is 12.3. The van der Waals surface area contributed by atoms with Crippen molar-refractivity contribution in [1.29, 1.82) is 0 Å². The van der Waals surface area contributed by atoms with Crippen LogP contribution in [0.3, 0.4) is 0 Å². The molecule has 1 fully saturated rings. The molecule has 2 heterocycles. The molecule has 0 bridgehead atoms. The van der Waals surface area contributed by atoms with Gasteiger partial charge in [-0.25, -0.2) is 0 Å². The Morgan fingerprint density at radius 2 is 2.00 bits per heavy atom. The van der Waals surface area contributed by atoms with Crippen LogP contribution in [-0.4, -0.2) is 73.0 Å². The van der Waals surface area contributed by atoms with Crippen molar-refractivity contribution >= 4 is 17.5 Å². The number of rotatable bonds is 8. The van der Waals surface area contributed by atoms with E-state index in [-0.39, 0.29) is 17.7 Å². The average molecular weight is 398 g/mol. The molecule has 148 valence electrons. The van der Waals surface area contributed by atoms with Gasteiger partial charge in [-0.15, -0.1) is 0 Å². The Labute approximate surface area is 155 Å².